The van der Waals surface area contributed by atoms with Crippen molar-refractivity contribution in [3.05, 3.63) is 34.3 Å². The number of nitrogens with one attached hydrogen (secondary N) is 1. The van der Waals surface area contributed by atoms with Gasteiger partial charge in [0.2, 0.25) is 5.96 Å². The van der Waals surface area contributed by atoms with Crippen LogP contribution in [-0.4, -0.2) is 53.6 Å². The average Bonchev–Trinajstić information content (AvgIpc) is 3.08. The molecule has 2 aromatic rings. The highest BCUT2D eigenvalue weighted by Gasteiger charge is 2.16. The molecule has 0 aliphatic rings. The molecule has 1 aromatic heterocycles. The van der Waals surface area contributed by atoms with E-state index in [-0.39, 0.29) is 29.2 Å². The number of ether oxygens (including phenoxy) is 1. The molecular formula is C20H28ClN7O3S. The Balaban J connectivity index is 0.000000821. The predicted molar refractivity (Wildman–Crippen MR) is 129 cm³/mol. The monoisotopic (exact) mass is 481 g/mol. The minimum Gasteiger partial charge on any atom is -0.492 e. The molecule has 0 spiro atoms. The molecule has 6 N–H and O–H groups in total. The van der Waals surface area contributed by atoms with E-state index in [9.17, 15) is 10.1 Å². The molecule has 0 bridgehead atoms. The Labute approximate surface area is 197 Å². The van der Waals surface area contributed by atoms with E-state index in [0.29, 0.717) is 40.1 Å². The van der Waals surface area contributed by atoms with E-state index in [0.717, 1.165) is 11.3 Å². The van der Waals surface area contributed by atoms with Gasteiger partial charge in [0.25, 0.3) is 0 Å². The molecule has 32 heavy (non-hydrogen) atoms. The molecule has 174 valence electrons. The number of halogens is 1. The zero-order chi connectivity index (χ0) is 23.7. The maximum atomic E-state index is 11.1. The van der Waals surface area contributed by atoms with Crippen molar-refractivity contribution < 1.29 is 14.6 Å². The van der Waals surface area contributed by atoms with Crippen LogP contribution < -0.4 is 16.2 Å². The summed E-state index contributed by atoms with van der Waals surface area (Å²) in [5.74, 6) is -0.125. The van der Waals surface area contributed by atoms with Gasteiger partial charge in [0.1, 0.15) is 21.7 Å². The molecule has 0 aliphatic carbocycles. The molecule has 0 amide bonds. The second-order valence-electron chi connectivity index (χ2n) is 7.02. The third-order valence-electron chi connectivity index (χ3n) is 3.57. The summed E-state index contributed by atoms with van der Waals surface area (Å²) in [5, 5.41) is 26.0. The fourth-order valence-corrected chi connectivity index (χ4v) is 2.97. The Hall–Kier alpha value is -3.36. The molecule has 2 rings (SSSR count). The van der Waals surface area contributed by atoms with Gasteiger partial charge in [0, 0.05) is 19.7 Å². The summed E-state index contributed by atoms with van der Waals surface area (Å²) in [5.41, 5.74) is 11.6. The van der Waals surface area contributed by atoms with Gasteiger partial charge in [-0.1, -0.05) is 13.8 Å². The van der Waals surface area contributed by atoms with E-state index in [1.165, 1.54) is 4.90 Å². The second-order valence-corrected chi connectivity index (χ2v) is 8.02. The van der Waals surface area contributed by atoms with Gasteiger partial charge in [-0.15, -0.1) is 23.7 Å². The molecule has 1 heterocycles. The Morgan fingerprint density at radius 2 is 2.03 bits per heavy atom. The minimum atomic E-state index is -0.987. The highest BCUT2D eigenvalue weighted by Crippen LogP contribution is 2.31. The average molecular weight is 482 g/mol. The van der Waals surface area contributed by atoms with Crippen molar-refractivity contribution in [3.8, 4) is 22.4 Å². The van der Waals surface area contributed by atoms with Gasteiger partial charge in [-0.05, 0) is 31.0 Å². The number of aromatic carboxylic acids is 1. The molecule has 12 heteroatoms. The summed E-state index contributed by atoms with van der Waals surface area (Å²) >= 11 is 1.10. The first-order valence-electron chi connectivity index (χ1n) is 9.19. The summed E-state index contributed by atoms with van der Waals surface area (Å²) in [4.78, 5) is 20.5. The van der Waals surface area contributed by atoms with E-state index < -0.39 is 5.97 Å². The number of aliphatic imine (C=N–C) groups is 1. The van der Waals surface area contributed by atoms with Crippen molar-refractivity contribution in [2.75, 3.05) is 20.7 Å². The standard InChI is InChI=1S/C16H16N2O3S.C4H11N5.ClH/c1-9(2)8-21-13-5-4-11(6-12(13)7-17)15-18-10(3)14(22-15)16(19)20;1-9(2)4(7)8-3(5)6;/h4-6,9H,8H2,1-3H3,(H,19,20);1-2H3,(H5,5,6,7,8);1H. The molecular weight excluding hydrogens is 454 g/mol. The Morgan fingerprint density at radius 3 is 2.44 bits per heavy atom. The zero-order valence-corrected chi connectivity index (χ0v) is 20.2. The molecule has 0 atom stereocenters. The summed E-state index contributed by atoms with van der Waals surface area (Å²) in [6.45, 7) is 6.26. The fraction of sp³-hybridized carbons (Fsp3) is 0.350. The van der Waals surface area contributed by atoms with Crippen molar-refractivity contribution in [3.63, 3.8) is 0 Å². The Morgan fingerprint density at radius 1 is 1.41 bits per heavy atom. The van der Waals surface area contributed by atoms with E-state index in [4.69, 9.17) is 26.7 Å². The lowest BCUT2D eigenvalue weighted by Crippen LogP contribution is -2.28. The third-order valence-corrected chi connectivity index (χ3v) is 4.76. The number of benzene rings is 1. The number of carbonyl (C=O) groups is 1. The maximum Gasteiger partial charge on any atom is 0.347 e. The van der Waals surface area contributed by atoms with Gasteiger partial charge in [-0.2, -0.15) is 10.3 Å². The lowest BCUT2D eigenvalue weighted by molar-refractivity contribution is 0.0701. The smallest absolute Gasteiger partial charge is 0.347 e. The number of carboxylic acid groups (broad SMARTS) is 1. The van der Waals surface area contributed by atoms with Crippen molar-refractivity contribution >= 4 is 41.6 Å². The lowest BCUT2D eigenvalue weighted by atomic mass is 10.1. The lowest BCUT2D eigenvalue weighted by Gasteiger charge is -2.10. The first kappa shape index (κ1) is 28.6. The largest absolute Gasteiger partial charge is 0.492 e. The molecule has 0 unspecified atom stereocenters. The van der Waals surface area contributed by atoms with Gasteiger partial charge < -0.3 is 26.2 Å². The van der Waals surface area contributed by atoms with Crippen molar-refractivity contribution in [1.82, 2.24) is 9.88 Å². The molecule has 0 aliphatic heterocycles. The van der Waals surface area contributed by atoms with Gasteiger partial charge >= 0.3 is 5.97 Å². The number of nitriles is 1. The number of thiazole rings is 1. The number of hydrogen-bond acceptors (Lipinski definition) is 6. The summed E-state index contributed by atoms with van der Waals surface area (Å²) < 4.78 is 5.61. The molecule has 0 radical (unpaired) electrons. The van der Waals surface area contributed by atoms with Gasteiger partial charge in [0.05, 0.1) is 17.9 Å². The van der Waals surface area contributed by atoms with Crippen LogP contribution in [0.5, 0.6) is 5.75 Å². The van der Waals surface area contributed by atoms with Crippen LogP contribution in [0.3, 0.4) is 0 Å². The molecule has 0 saturated heterocycles. The summed E-state index contributed by atoms with van der Waals surface area (Å²) in [6, 6.07) is 7.31. The molecule has 0 saturated carbocycles. The Bertz CT molecular complexity index is 1010. The van der Waals surface area contributed by atoms with Crippen LogP contribution >= 0.6 is 23.7 Å². The number of rotatable bonds is 5. The second kappa shape index (κ2) is 13.1. The number of nitrogens with two attached hydrogens (primary N) is 2. The maximum absolute atomic E-state index is 11.1. The first-order valence-corrected chi connectivity index (χ1v) is 10.0. The van der Waals surface area contributed by atoms with E-state index >= 15 is 0 Å². The third kappa shape index (κ3) is 8.79. The Kier molecular flexibility index (Phi) is 11.8. The molecule has 10 nitrogen and oxygen atoms in total. The molecule has 1 aromatic carbocycles. The van der Waals surface area contributed by atoms with Crippen LogP contribution in [0.1, 0.15) is 34.8 Å². The number of aryl methyl sites for hydroxylation is 1. The van der Waals surface area contributed by atoms with E-state index in [1.807, 2.05) is 13.8 Å². The van der Waals surface area contributed by atoms with Crippen LogP contribution in [0.25, 0.3) is 10.6 Å². The van der Waals surface area contributed by atoms with Gasteiger partial charge in [-0.25, -0.2) is 9.78 Å². The van der Waals surface area contributed by atoms with Crippen LogP contribution in [0.15, 0.2) is 23.2 Å². The number of hydrogen-bond donors (Lipinski definition) is 4. The zero-order valence-electron chi connectivity index (χ0n) is 18.5. The number of guanidine groups is 2. The van der Waals surface area contributed by atoms with Crippen LogP contribution in [0, 0.1) is 29.6 Å². The van der Waals surface area contributed by atoms with E-state index in [2.05, 4.69) is 16.0 Å². The van der Waals surface area contributed by atoms with Crippen LogP contribution in [0.2, 0.25) is 0 Å². The number of aromatic nitrogens is 1. The number of nitrogens with zero attached hydrogens (tertiary/aromatic N) is 4. The summed E-state index contributed by atoms with van der Waals surface area (Å²) in [6.07, 6.45) is 0. The fourth-order valence-electron chi connectivity index (χ4n) is 2.07. The minimum absolute atomic E-state index is 0. The van der Waals surface area contributed by atoms with Crippen molar-refractivity contribution in [2.24, 2.45) is 22.4 Å². The van der Waals surface area contributed by atoms with Crippen LogP contribution in [0.4, 0.5) is 0 Å². The van der Waals surface area contributed by atoms with Gasteiger partial charge in [0.15, 0.2) is 5.96 Å². The quantitative estimate of drug-likeness (QED) is 0.372. The first-order chi connectivity index (χ1) is 14.5. The highest BCUT2D eigenvalue weighted by atomic mass is 35.5. The topological polar surface area (TPSA) is 175 Å². The van der Waals surface area contributed by atoms with Crippen molar-refractivity contribution in [2.45, 2.75) is 20.8 Å². The van der Waals surface area contributed by atoms with E-state index in [1.54, 1.807) is 39.2 Å². The van der Waals surface area contributed by atoms with Gasteiger partial charge in [-0.3, -0.25) is 5.41 Å². The van der Waals surface area contributed by atoms with Crippen molar-refractivity contribution in [1.29, 1.82) is 10.7 Å². The predicted octanol–water partition coefficient (Wildman–Crippen LogP) is 2.90. The number of carboxylic acids is 1. The summed E-state index contributed by atoms with van der Waals surface area (Å²) in [7, 11) is 3.38. The SMILES string of the molecule is CN(C)C(=N)N=C(N)N.Cc1nc(-c2ccc(OCC(C)C)c(C#N)c2)sc1C(=O)O.Cl. The highest BCUT2D eigenvalue weighted by molar-refractivity contribution is 7.17. The normalized spacial score (nSPS) is 9.53. The van der Waals surface area contributed by atoms with Crippen LogP contribution in [-0.2, 0) is 0 Å². The molecule has 0 fully saturated rings.